The maximum atomic E-state index is 13.2. The van der Waals surface area contributed by atoms with Gasteiger partial charge >= 0.3 is 0 Å². The predicted octanol–water partition coefficient (Wildman–Crippen LogP) is 1.53. The molecule has 0 aliphatic heterocycles. The molecule has 1 aromatic rings. The normalized spacial score (nSPS) is 10.2. The van der Waals surface area contributed by atoms with E-state index in [1.165, 1.54) is 13.2 Å². The minimum atomic E-state index is -0.394. The number of nitrogens with two attached hydrogens (primary N) is 1. The number of halogens is 1. The van der Waals surface area contributed by atoms with Crippen LogP contribution in [0.2, 0.25) is 0 Å². The summed E-state index contributed by atoms with van der Waals surface area (Å²) in [6.45, 7) is 1.93. The van der Waals surface area contributed by atoms with Crippen LogP contribution in [0.1, 0.15) is 11.1 Å². The van der Waals surface area contributed by atoms with Crippen molar-refractivity contribution in [3.63, 3.8) is 0 Å². The fourth-order valence-corrected chi connectivity index (χ4v) is 1.23. The van der Waals surface area contributed by atoms with Gasteiger partial charge in [-0.05, 0) is 24.6 Å². The van der Waals surface area contributed by atoms with Gasteiger partial charge in [-0.3, -0.25) is 4.84 Å². The highest BCUT2D eigenvalue weighted by atomic mass is 19.1. The van der Waals surface area contributed by atoms with Crippen LogP contribution in [-0.4, -0.2) is 7.11 Å². The van der Waals surface area contributed by atoms with Crippen LogP contribution in [0.4, 0.5) is 4.39 Å². The van der Waals surface area contributed by atoms with E-state index in [9.17, 15) is 4.39 Å². The number of benzene rings is 1. The smallest absolute Gasteiger partial charge is 0.165 e. The van der Waals surface area contributed by atoms with Crippen molar-refractivity contribution in [3.05, 3.63) is 29.1 Å². The molecule has 0 aromatic heterocycles. The Kier molecular flexibility index (Phi) is 3.22. The van der Waals surface area contributed by atoms with Crippen molar-refractivity contribution in [2.75, 3.05) is 7.11 Å². The summed E-state index contributed by atoms with van der Waals surface area (Å²) in [6.07, 6.45) is 0. The second-order valence-corrected chi connectivity index (χ2v) is 2.75. The van der Waals surface area contributed by atoms with Gasteiger partial charge in [0.15, 0.2) is 11.6 Å². The van der Waals surface area contributed by atoms with E-state index in [4.69, 9.17) is 10.6 Å². The van der Waals surface area contributed by atoms with Crippen LogP contribution in [0.25, 0.3) is 0 Å². The summed E-state index contributed by atoms with van der Waals surface area (Å²) in [7, 11) is 1.41. The molecule has 0 amide bonds. The van der Waals surface area contributed by atoms with E-state index in [1.807, 2.05) is 0 Å². The van der Waals surface area contributed by atoms with Gasteiger partial charge in [-0.25, -0.2) is 10.3 Å². The lowest BCUT2D eigenvalue weighted by Crippen LogP contribution is -2.03. The van der Waals surface area contributed by atoms with E-state index in [1.54, 1.807) is 13.0 Å². The summed E-state index contributed by atoms with van der Waals surface area (Å²) < 4.78 is 18.1. The summed E-state index contributed by atoms with van der Waals surface area (Å²) in [5.41, 5.74) is 1.42. The maximum absolute atomic E-state index is 13.2. The largest absolute Gasteiger partial charge is 0.493 e. The molecular weight excluding hydrogens is 173 g/mol. The number of aryl methyl sites for hydroxylation is 1. The van der Waals surface area contributed by atoms with Crippen molar-refractivity contribution in [3.8, 4) is 5.75 Å². The lowest BCUT2D eigenvalue weighted by atomic mass is 10.1. The number of rotatable bonds is 3. The Labute approximate surface area is 76.2 Å². The lowest BCUT2D eigenvalue weighted by Gasteiger charge is -2.09. The van der Waals surface area contributed by atoms with E-state index in [-0.39, 0.29) is 12.4 Å². The van der Waals surface area contributed by atoms with Crippen molar-refractivity contribution >= 4 is 0 Å². The molecular formula is C9H12FNO2. The second kappa shape index (κ2) is 4.20. The highest BCUT2D eigenvalue weighted by molar-refractivity contribution is 5.37. The molecule has 1 aromatic carbocycles. The van der Waals surface area contributed by atoms with Gasteiger partial charge in [0.2, 0.25) is 0 Å². The monoisotopic (exact) mass is 185 g/mol. The summed E-state index contributed by atoms with van der Waals surface area (Å²) in [4.78, 5) is 4.43. The molecule has 0 saturated heterocycles. The molecule has 2 N–H and O–H groups in total. The number of ether oxygens (including phenoxy) is 1. The van der Waals surface area contributed by atoms with Crippen molar-refractivity contribution < 1.29 is 14.0 Å². The van der Waals surface area contributed by atoms with Crippen molar-refractivity contribution in [2.45, 2.75) is 13.5 Å². The van der Waals surface area contributed by atoms with E-state index < -0.39 is 5.82 Å². The Hall–Kier alpha value is -1.13. The molecule has 0 bridgehead atoms. The van der Waals surface area contributed by atoms with Crippen LogP contribution in [-0.2, 0) is 11.4 Å². The molecule has 4 heteroatoms. The topological polar surface area (TPSA) is 44.5 Å². The molecule has 0 fully saturated rings. The first-order valence-electron chi connectivity index (χ1n) is 3.83. The summed E-state index contributed by atoms with van der Waals surface area (Å²) >= 11 is 0. The Balaban J connectivity index is 3.13. The number of hydrogen-bond acceptors (Lipinski definition) is 3. The second-order valence-electron chi connectivity index (χ2n) is 2.75. The average Bonchev–Trinajstić information content (AvgIpc) is 2.04. The van der Waals surface area contributed by atoms with Gasteiger partial charge in [-0.2, -0.15) is 0 Å². The van der Waals surface area contributed by atoms with Crippen molar-refractivity contribution in [1.82, 2.24) is 0 Å². The molecule has 0 heterocycles. The molecule has 0 spiro atoms. The van der Waals surface area contributed by atoms with Crippen LogP contribution in [0.15, 0.2) is 12.1 Å². The quantitative estimate of drug-likeness (QED) is 0.726. The first-order valence-corrected chi connectivity index (χ1v) is 3.83. The van der Waals surface area contributed by atoms with Crippen molar-refractivity contribution in [1.29, 1.82) is 0 Å². The van der Waals surface area contributed by atoms with Gasteiger partial charge < -0.3 is 4.74 Å². The average molecular weight is 185 g/mol. The molecule has 0 aliphatic carbocycles. The Bertz CT molecular complexity index is 302. The molecule has 3 nitrogen and oxygen atoms in total. The molecule has 72 valence electrons. The Morgan fingerprint density at radius 3 is 2.69 bits per heavy atom. The first-order chi connectivity index (χ1) is 6.19. The molecule has 0 radical (unpaired) electrons. The summed E-state index contributed by atoms with van der Waals surface area (Å²) in [5, 5.41) is 0. The van der Waals surface area contributed by atoms with Crippen LogP contribution >= 0.6 is 0 Å². The summed E-state index contributed by atoms with van der Waals surface area (Å²) in [5.74, 6) is 4.70. The van der Waals surface area contributed by atoms with Gasteiger partial charge in [-0.15, -0.1) is 0 Å². The van der Waals surface area contributed by atoms with E-state index in [0.29, 0.717) is 5.56 Å². The van der Waals surface area contributed by atoms with Crippen LogP contribution in [0.3, 0.4) is 0 Å². The zero-order valence-corrected chi connectivity index (χ0v) is 7.63. The van der Waals surface area contributed by atoms with Crippen LogP contribution in [0, 0.1) is 12.7 Å². The van der Waals surface area contributed by atoms with E-state index in [2.05, 4.69) is 4.84 Å². The van der Waals surface area contributed by atoms with Gasteiger partial charge in [0.25, 0.3) is 0 Å². The highest BCUT2D eigenvalue weighted by Crippen LogP contribution is 2.24. The SMILES string of the molecule is COc1c(F)cc(C)cc1CON. The summed E-state index contributed by atoms with van der Waals surface area (Å²) in [6, 6.07) is 3.17. The molecule has 13 heavy (non-hydrogen) atoms. The number of methoxy groups -OCH3 is 1. The molecule has 0 atom stereocenters. The third-order valence-electron chi connectivity index (χ3n) is 1.71. The molecule has 0 unspecified atom stereocenters. The highest BCUT2D eigenvalue weighted by Gasteiger charge is 2.09. The van der Waals surface area contributed by atoms with Gasteiger partial charge in [0.05, 0.1) is 13.7 Å². The third kappa shape index (κ3) is 2.17. The Morgan fingerprint density at radius 1 is 1.46 bits per heavy atom. The zero-order valence-electron chi connectivity index (χ0n) is 7.63. The standard InChI is InChI=1S/C9H12FNO2/c1-6-3-7(5-13-11)9(12-2)8(10)4-6/h3-4H,5,11H2,1-2H3. The fraction of sp³-hybridized carbons (Fsp3) is 0.333. The minimum Gasteiger partial charge on any atom is -0.493 e. The lowest BCUT2D eigenvalue weighted by molar-refractivity contribution is 0.121. The fourth-order valence-electron chi connectivity index (χ4n) is 1.23. The van der Waals surface area contributed by atoms with Crippen molar-refractivity contribution in [2.24, 2.45) is 5.90 Å². The third-order valence-corrected chi connectivity index (χ3v) is 1.71. The minimum absolute atomic E-state index is 0.141. The zero-order chi connectivity index (χ0) is 9.84. The molecule has 0 aliphatic rings. The van der Waals surface area contributed by atoms with Gasteiger partial charge in [0.1, 0.15) is 0 Å². The first kappa shape index (κ1) is 9.95. The van der Waals surface area contributed by atoms with E-state index >= 15 is 0 Å². The maximum Gasteiger partial charge on any atom is 0.165 e. The van der Waals surface area contributed by atoms with Gasteiger partial charge in [0, 0.05) is 5.56 Å². The Morgan fingerprint density at radius 2 is 2.15 bits per heavy atom. The predicted molar refractivity (Wildman–Crippen MR) is 46.7 cm³/mol. The molecule has 1 rings (SSSR count). The molecule has 0 saturated carbocycles. The van der Waals surface area contributed by atoms with Gasteiger partial charge in [-0.1, -0.05) is 0 Å². The van der Waals surface area contributed by atoms with Crippen LogP contribution in [0.5, 0.6) is 5.75 Å². The van der Waals surface area contributed by atoms with Crippen LogP contribution < -0.4 is 10.6 Å². The number of hydrogen-bond donors (Lipinski definition) is 1. The van der Waals surface area contributed by atoms with E-state index in [0.717, 1.165) is 5.56 Å².